The zero-order chi connectivity index (χ0) is 26.9. The van der Waals surface area contributed by atoms with Crippen molar-refractivity contribution >= 4 is 34.7 Å². The Morgan fingerprint density at radius 1 is 1.05 bits per heavy atom. The summed E-state index contributed by atoms with van der Waals surface area (Å²) in [5.74, 6) is -0.224. The normalized spacial score (nSPS) is 16.9. The van der Waals surface area contributed by atoms with Crippen molar-refractivity contribution in [2.75, 3.05) is 18.6 Å². The molecule has 1 aliphatic rings. The molecule has 0 aromatic heterocycles. The van der Waals surface area contributed by atoms with Crippen LogP contribution in [0.1, 0.15) is 55.0 Å². The van der Waals surface area contributed by atoms with Gasteiger partial charge in [0.2, 0.25) is 0 Å². The van der Waals surface area contributed by atoms with Crippen molar-refractivity contribution in [3.63, 3.8) is 0 Å². The van der Waals surface area contributed by atoms with E-state index < -0.39 is 17.7 Å². The number of rotatable bonds is 7. The third-order valence-corrected chi connectivity index (χ3v) is 6.76. The summed E-state index contributed by atoms with van der Waals surface area (Å²) >= 11 is 6.08. The molecule has 1 amide bonds. The number of ketones is 1. The van der Waals surface area contributed by atoms with Crippen molar-refractivity contribution < 1.29 is 24.2 Å². The minimum atomic E-state index is -0.846. The summed E-state index contributed by atoms with van der Waals surface area (Å²) in [7, 11) is 1.60. The highest BCUT2D eigenvalue weighted by Crippen LogP contribution is 2.44. The van der Waals surface area contributed by atoms with Gasteiger partial charge in [-0.05, 0) is 85.0 Å². The number of aryl methyl sites for hydroxylation is 1. The molecule has 4 rings (SSSR count). The molecule has 1 saturated heterocycles. The maximum Gasteiger partial charge on any atom is 0.300 e. The Morgan fingerprint density at radius 3 is 2.27 bits per heavy atom. The van der Waals surface area contributed by atoms with E-state index in [1.54, 1.807) is 55.6 Å². The van der Waals surface area contributed by atoms with Crippen molar-refractivity contribution in [3.05, 3.63) is 93.5 Å². The number of benzene rings is 3. The number of carbonyl (C=O) groups excluding carboxylic acids is 2. The predicted molar refractivity (Wildman–Crippen MR) is 146 cm³/mol. The van der Waals surface area contributed by atoms with E-state index in [0.29, 0.717) is 39.9 Å². The molecule has 3 aromatic carbocycles. The van der Waals surface area contributed by atoms with Crippen molar-refractivity contribution in [3.8, 4) is 11.5 Å². The van der Waals surface area contributed by atoms with E-state index in [1.165, 1.54) is 4.90 Å². The molecule has 3 aromatic rings. The zero-order valence-corrected chi connectivity index (χ0v) is 22.3. The van der Waals surface area contributed by atoms with Crippen LogP contribution in [0, 0.1) is 6.92 Å². The number of carbonyl (C=O) groups is 2. The summed E-state index contributed by atoms with van der Waals surface area (Å²) in [4.78, 5) is 28.3. The minimum absolute atomic E-state index is 0.0204. The first kappa shape index (κ1) is 26.3. The average molecular weight is 520 g/mol. The zero-order valence-electron chi connectivity index (χ0n) is 21.5. The predicted octanol–water partition coefficient (Wildman–Crippen LogP) is 6.81. The largest absolute Gasteiger partial charge is 0.507 e. The summed E-state index contributed by atoms with van der Waals surface area (Å²) in [5, 5.41) is 12.1. The van der Waals surface area contributed by atoms with E-state index in [9.17, 15) is 14.7 Å². The topological polar surface area (TPSA) is 76.1 Å². The van der Waals surface area contributed by atoms with Gasteiger partial charge < -0.3 is 14.6 Å². The van der Waals surface area contributed by atoms with E-state index in [4.69, 9.17) is 21.1 Å². The smallest absolute Gasteiger partial charge is 0.300 e. The quantitative estimate of drug-likeness (QED) is 0.211. The molecule has 0 radical (unpaired) electrons. The number of hydrogen-bond donors (Lipinski definition) is 1. The van der Waals surface area contributed by atoms with Gasteiger partial charge in [0.15, 0.2) is 0 Å². The number of methoxy groups -OCH3 is 1. The number of hydrogen-bond acceptors (Lipinski definition) is 5. The van der Waals surface area contributed by atoms with Crippen molar-refractivity contribution in [2.24, 2.45) is 0 Å². The Balaban J connectivity index is 1.95. The van der Waals surface area contributed by atoms with Gasteiger partial charge in [-0.2, -0.15) is 0 Å². The SMILES string of the molecule is CCOc1ccc(C2/C(=C(\O)c3cc(C(C)C)c(OC)cc3C)C(=O)C(=O)N2c2ccc(Cl)cc2)cc1. The first-order valence-electron chi connectivity index (χ1n) is 12.2. The number of anilines is 1. The number of ether oxygens (including phenoxy) is 2. The number of amides is 1. The summed E-state index contributed by atoms with van der Waals surface area (Å²) in [6, 6.07) is 16.7. The summed E-state index contributed by atoms with van der Waals surface area (Å²) in [5.41, 5.74) is 3.27. The van der Waals surface area contributed by atoms with Crippen LogP contribution in [0.15, 0.2) is 66.2 Å². The standard InChI is InChI=1S/C30H30ClNO5/c1-6-37-22-13-7-19(8-14-22)27-26(29(34)30(35)32(27)21-11-9-20(31)10-12-21)28(33)24-16-23(17(2)3)25(36-5)15-18(24)4/h7-17,27,33H,6H2,1-5H3/b28-26+. The van der Waals surface area contributed by atoms with Gasteiger partial charge in [0.05, 0.1) is 25.3 Å². The van der Waals surface area contributed by atoms with Crippen LogP contribution in [0.3, 0.4) is 0 Å². The van der Waals surface area contributed by atoms with Crippen LogP contribution in [0.4, 0.5) is 5.69 Å². The van der Waals surface area contributed by atoms with Gasteiger partial charge in [0, 0.05) is 16.3 Å². The van der Waals surface area contributed by atoms with E-state index >= 15 is 0 Å². The van der Waals surface area contributed by atoms with E-state index in [0.717, 1.165) is 11.1 Å². The molecular formula is C30H30ClNO5. The summed E-state index contributed by atoms with van der Waals surface area (Å²) in [6.45, 7) is 8.29. The second kappa shape index (κ2) is 10.7. The van der Waals surface area contributed by atoms with Gasteiger partial charge in [-0.3, -0.25) is 14.5 Å². The van der Waals surface area contributed by atoms with E-state index in [-0.39, 0.29) is 17.3 Å². The average Bonchev–Trinajstić information content (AvgIpc) is 3.14. The molecule has 37 heavy (non-hydrogen) atoms. The van der Waals surface area contributed by atoms with Gasteiger partial charge >= 0.3 is 0 Å². The fourth-order valence-corrected chi connectivity index (χ4v) is 4.78. The van der Waals surface area contributed by atoms with Crippen molar-refractivity contribution in [1.29, 1.82) is 0 Å². The first-order valence-corrected chi connectivity index (χ1v) is 12.5. The van der Waals surface area contributed by atoms with Crippen LogP contribution in [0.5, 0.6) is 11.5 Å². The minimum Gasteiger partial charge on any atom is -0.507 e. The molecule has 0 spiro atoms. The highest BCUT2D eigenvalue weighted by Gasteiger charge is 2.47. The van der Waals surface area contributed by atoms with Crippen LogP contribution >= 0.6 is 11.6 Å². The Labute approximate surface area is 222 Å². The van der Waals surface area contributed by atoms with Crippen LogP contribution in [-0.4, -0.2) is 30.5 Å². The van der Waals surface area contributed by atoms with Gasteiger partial charge in [0.1, 0.15) is 17.3 Å². The molecule has 0 saturated carbocycles. The van der Waals surface area contributed by atoms with Gasteiger partial charge in [0.25, 0.3) is 11.7 Å². The molecule has 1 N–H and O–H groups in total. The van der Waals surface area contributed by atoms with E-state index in [2.05, 4.69) is 0 Å². The summed E-state index contributed by atoms with van der Waals surface area (Å²) in [6.07, 6.45) is 0. The highest BCUT2D eigenvalue weighted by molar-refractivity contribution is 6.51. The lowest BCUT2D eigenvalue weighted by Gasteiger charge is -2.26. The Bertz CT molecular complexity index is 1360. The lowest BCUT2D eigenvalue weighted by atomic mass is 9.91. The lowest BCUT2D eigenvalue weighted by Crippen LogP contribution is -2.29. The number of aliphatic hydroxyl groups is 1. The Kier molecular flexibility index (Phi) is 7.60. The third kappa shape index (κ3) is 4.94. The molecule has 192 valence electrons. The maximum atomic E-state index is 13.5. The molecule has 1 unspecified atom stereocenters. The fraction of sp³-hybridized carbons (Fsp3) is 0.267. The third-order valence-electron chi connectivity index (χ3n) is 6.51. The number of aliphatic hydroxyl groups excluding tert-OH is 1. The number of nitrogens with zero attached hydrogens (tertiary/aromatic N) is 1. The molecule has 1 aliphatic heterocycles. The lowest BCUT2D eigenvalue weighted by molar-refractivity contribution is -0.132. The van der Waals surface area contributed by atoms with Crippen LogP contribution in [0.25, 0.3) is 5.76 Å². The number of halogens is 1. The second-order valence-electron chi connectivity index (χ2n) is 9.21. The second-order valence-corrected chi connectivity index (χ2v) is 9.65. The Hall–Kier alpha value is -3.77. The fourth-order valence-electron chi connectivity index (χ4n) is 4.66. The highest BCUT2D eigenvalue weighted by atomic mass is 35.5. The monoisotopic (exact) mass is 519 g/mol. The molecule has 6 nitrogen and oxygen atoms in total. The molecule has 0 bridgehead atoms. The summed E-state index contributed by atoms with van der Waals surface area (Å²) < 4.78 is 11.1. The molecule has 1 heterocycles. The van der Waals surface area contributed by atoms with Gasteiger partial charge in [-0.25, -0.2) is 0 Å². The number of Topliss-reactive ketones (excluding diaryl/α,β-unsaturated/α-hetero) is 1. The first-order chi connectivity index (χ1) is 17.7. The van der Waals surface area contributed by atoms with Gasteiger partial charge in [-0.15, -0.1) is 0 Å². The van der Waals surface area contributed by atoms with Crippen LogP contribution < -0.4 is 14.4 Å². The van der Waals surface area contributed by atoms with Crippen LogP contribution in [-0.2, 0) is 9.59 Å². The molecule has 7 heteroatoms. The van der Waals surface area contributed by atoms with Gasteiger partial charge in [-0.1, -0.05) is 37.6 Å². The molecule has 1 atom stereocenters. The molecule has 1 fully saturated rings. The molecule has 0 aliphatic carbocycles. The maximum absolute atomic E-state index is 13.5. The van der Waals surface area contributed by atoms with E-state index in [1.807, 2.05) is 39.8 Å². The van der Waals surface area contributed by atoms with Crippen molar-refractivity contribution in [1.82, 2.24) is 0 Å². The molecular weight excluding hydrogens is 490 g/mol. The van der Waals surface area contributed by atoms with Crippen LogP contribution in [0.2, 0.25) is 5.02 Å². The Morgan fingerprint density at radius 2 is 1.70 bits per heavy atom. The van der Waals surface area contributed by atoms with Crippen molar-refractivity contribution in [2.45, 2.75) is 39.7 Å².